The van der Waals surface area contributed by atoms with Gasteiger partial charge >= 0.3 is 0 Å². The van der Waals surface area contributed by atoms with Gasteiger partial charge in [0.25, 0.3) is 0 Å². The summed E-state index contributed by atoms with van der Waals surface area (Å²) < 4.78 is 1.64. The summed E-state index contributed by atoms with van der Waals surface area (Å²) >= 11 is 0. The Morgan fingerprint density at radius 2 is 2.11 bits per heavy atom. The first kappa shape index (κ1) is 12.6. The van der Waals surface area contributed by atoms with Gasteiger partial charge in [0.2, 0.25) is 0 Å². The number of nitrogens with zero attached hydrogens (tertiary/aromatic N) is 2. The third-order valence-electron chi connectivity index (χ3n) is 2.80. The van der Waals surface area contributed by atoms with Crippen LogP contribution in [0.25, 0.3) is 0 Å². The minimum Gasteiger partial charge on any atom is -0.288 e. The third-order valence-corrected chi connectivity index (χ3v) is 2.80. The molecule has 0 spiro atoms. The standard InChI is InChI=1S/C15H18N2O/c1-11(2)7-12-5-4-6-13(8-12)15(18)14-9-16-17(3)10-14/h4-6,8-11H,7H2,1-3H3. The maximum absolute atomic E-state index is 12.2. The highest BCUT2D eigenvalue weighted by Gasteiger charge is 2.11. The molecule has 1 aromatic heterocycles. The van der Waals surface area contributed by atoms with E-state index in [9.17, 15) is 4.79 Å². The van der Waals surface area contributed by atoms with E-state index in [1.807, 2.05) is 25.2 Å². The number of carbonyl (C=O) groups is 1. The van der Waals surface area contributed by atoms with Crippen LogP contribution in [0.5, 0.6) is 0 Å². The van der Waals surface area contributed by atoms with E-state index in [-0.39, 0.29) is 5.78 Å². The molecule has 18 heavy (non-hydrogen) atoms. The van der Waals surface area contributed by atoms with Crippen LogP contribution in [-0.2, 0) is 13.5 Å². The van der Waals surface area contributed by atoms with Crippen molar-refractivity contribution in [3.63, 3.8) is 0 Å². The molecule has 1 heterocycles. The van der Waals surface area contributed by atoms with Crippen LogP contribution in [0.3, 0.4) is 0 Å². The van der Waals surface area contributed by atoms with Crippen LogP contribution in [-0.4, -0.2) is 15.6 Å². The van der Waals surface area contributed by atoms with Crippen molar-refractivity contribution < 1.29 is 4.79 Å². The van der Waals surface area contributed by atoms with Gasteiger partial charge in [-0.2, -0.15) is 5.10 Å². The van der Waals surface area contributed by atoms with Crippen molar-refractivity contribution in [2.45, 2.75) is 20.3 Å². The number of aryl methyl sites for hydroxylation is 1. The Morgan fingerprint density at radius 1 is 1.33 bits per heavy atom. The molecule has 0 unspecified atom stereocenters. The smallest absolute Gasteiger partial charge is 0.196 e. The lowest BCUT2D eigenvalue weighted by Gasteiger charge is -2.06. The minimum absolute atomic E-state index is 0.0358. The van der Waals surface area contributed by atoms with Crippen LogP contribution in [0.15, 0.2) is 36.7 Å². The van der Waals surface area contributed by atoms with Gasteiger partial charge in [-0.1, -0.05) is 32.0 Å². The van der Waals surface area contributed by atoms with Gasteiger partial charge in [0.1, 0.15) is 0 Å². The Balaban J connectivity index is 2.25. The lowest BCUT2D eigenvalue weighted by atomic mass is 9.98. The first-order chi connectivity index (χ1) is 8.56. The number of ketones is 1. The SMILES string of the molecule is CC(C)Cc1cccc(C(=O)c2cnn(C)c2)c1. The topological polar surface area (TPSA) is 34.9 Å². The van der Waals surface area contributed by atoms with Crippen LogP contribution in [0.2, 0.25) is 0 Å². The second kappa shape index (κ2) is 5.17. The van der Waals surface area contributed by atoms with E-state index in [2.05, 4.69) is 25.0 Å². The molecule has 0 N–H and O–H groups in total. The summed E-state index contributed by atoms with van der Waals surface area (Å²) in [5.74, 6) is 0.627. The van der Waals surface area contributed by atoms with E-state index >= 15 is 0 Å². The maximum atomic E-state index is 12.2. The average Bonchev–Trinajstić information content (AvgIpc) is 2.74. The molecule has 0 aliphatic rings. The lowest BCUT2D eigenvalue weighted by molar-refractivity contribution is 0.103. The summed E-state index contributed by atoms with van der Waals surface area (Å²) in [4.78, 5) is 12.2. The lowest BCUT2D eigenvalue weighted by Crippen LogP contribution is -2.02. The Bertz CT molecular complexity index is 555. The van der Waals surface area contributed by atoms with Crippen molar-refractivity contribution in [1.29, 1.82) is 0 Å². The van der Waals surface area contributed by atoms with Crippen LogP contribution in [0, 0.1) is 5.92 Å². The Morgan fingerprint density at radius 3 is 2.72 bits per heavy atom. The largest absolute Gasteiger partial charge is 0.288 e. The van der Waals surface area contributed by atoms with Gasteiger partial charge < -0.3 is 0 Å². The van der Waals surface area contributed by atoms with Crippen molar-refractivity contribution >= 4 is 5.78 Å². The summed E-state index contributed by atoms with van der Waals surface area (Å²) in [6, 6.07) is 7.86. The van der Waals surface area contributed by atoms with Gasteiger partial charge in [0, 0.05) is 18.8 Å². The van der Waals surface area contributed by atoms with E-state index in [4.69, 9.17) is 0 Å². The van der Waals surface area contributed by atoms with Gasteiger partial charge in [-0.3, -0.25) is 9.48 Å². The first-order valence-corrected chi connectivity index (χ1v) is 6.18. The van der Waals surface area contributed by atoms with Gasteiger partial charge in [-0.15, -0.1) is 0 Å². The zero-order valence-corrected chi connectivity index (χ0v) is 11.1. The molecule has 0 saturated carbocycles. The molecule has 0 bridgehead atoms. The zero-order valence-electron chi connectivity index (χ0n) is 11.1. The highest BCUT2D eigenvalue weighted by Crippen LogP contribution is 2.14. The van der Waals surface area contributed by atoms with Gasteiger partial charge in [-0.25, -0.2) is 0 Å². The summed E-state index contributed by atoms with van der Waals surface area (Å²) in [5.41, 5.74) is 2.58. The molecule has 1 aromatic carbocycles. The molecule has 94 valence electrons. The molecule has 3 heteroatoms. The van der Waals surface area contributed by atoms with Crippen molar-refractivity contribution in [3.8, 4) is 0 Å². The molecule has 3 nitrogen and oxygen atoms in total. The highest BCUT2D eigenvalue weighted by atomic mass is 16.1. The number of hydrogen-bond donors (Lipinski definition) is 0. The van der Waals surface area contributed by atoms with E-state index in [0.29, 0.717) is 11.5 Å². The molecule has 0 saturated heterocycles. The normalized spacial score (nSPS) is 10.9. The van der Waals surface area contributed by atoms with Gasteiger partial charge in [0.15, 0.2) is 5.78 Å². The van der Waals surface area contributed by atoms with Crippen molar-refractivity contribution in [2.75, 3.05) is 0 Å². The van der Waals surface area contributed by atoms with E-state index in [1.54, 1.807) is 17.1 Å². The summed E-state index contributed by atoms with van der Waals surface area (Å²) in [6.07, 6.45) is 4.35. The van der Waals surface area contributed by atoms with Crippen LogP contribution >= 0.6 is 0 Å². The number of hydrogen-bond acceptors (Lipinski definition) is 2. The summed E-state index contributed by atoms with van der Waals surface area (Å²) in [5, 5.41) is 4.03. The van der Waals surface area contributed by atoms with Crippen LogP contribution in [0.4, 0.5) is 0 Å². The summed E-state index contributed by atoms with van der Waals surface area (Å²) in [6.45, 7) is 4.35. The van der Waals surface area contributed by atoms with Crippen LogP contribution < -0.4 is 0 Å². The van der Waals surface area contributed by atoms with E-state index in [0.717, 1.165) is 12.0 Å². The Kier molecular flexibility index (Phi) is 3.60. The first-order valence-electron chi connectivity index (χ1n) is 6.18. The monoisotopic (exact) mass is 242 g/mol. The molecular weight excluding hydrogens is 224 g/mol. The summed E-state index contributed by atoms with van der Waals surface area (Å²) in [7, 11) is 1.81. The Hall–Kier alpha value is -1.90. The quantitative estimate of drug-likeness (QED) is 0.773. The molecule has 0 amide bonds. The number of benzene rings is 1. The second-order valence-electron chi connectivity index (χ2n) is 5.03. The molecule has 2 aromatic rings. The minimum atomic E-state index is 0.0358. The maximum Gasteiger partial charge on any atom is 0.196 e. The second-order valence-corrected chi connectivity index (χ2v) is 5.03. The molecule has 0 fully saturated rings. The number of rotatable bonds is 4. The highest BCUT2D eigenvalue weighted by molar-refractivity contribution is 6.08. The van der Waals surface area contributed by atoms with Gasteiger partial charge in [-0.05, 0) is 24.0 Å². The molecule has 0 radical (unpaired) electrons. The zero-order chi connectivity index (χ0) is 13.1. The van der Waals surface area contributed by atoms with Crippen molar-refractivity contribution in [3.05, 3.63) is 53.3 Å². The number of carbonyl (C=O) groups excluding carboxylic acids is 1. The number of aromatic nitrogens is 2. The van der Waals surface area contributed by atoms with Gasteiger partial charge in [0.05, 0.1) is 11.8 Å². The van der Waals surface area contributed by atoms with Crippen LogP contribution in [0.1, 0.15) is 35.3 Å². The molecule has 0 aliphatic carbocycles. The molecule has 2 rings (SSSR count). The molecular formula is C15H18N2O. The fourth-order valence-electron chi connectivity index (χ4n) is 2.02. The fourth-order valence-corrected chi connectivity index (χ4v) is 2.02. The van der Waals surface area contributed by atoms with Crippen molar-refractivity contribution in [1.82, 2.24) is 9.78 Å². The molecule has 0 aliphatic heterocycles. The van der Waals surface area contributed by atoms with E-state index < -0.39 is 0 Å². The Labute approximate surface area is 107 Å². The predicted molar refractivity (Wildman–Crippen MR) is 71.6 cm³/mol. The third kappa shape index (κ3) is 2.86. The average molecular weight is 242 g/mol. The fraction of sp³-hybridized carbons (Fsp3) is 0.333. The van der Waals surface area contributed by atoms with Crippen molar-refractivity contribution in [2.24, 2.45) is 13.0 Å². The molecule has 0 atom stereocenters. The van der Waals surface area contributed by atoms with E-state index in [1.165, 1.54) is 5.56 Å². The predicted octanol–water partition coefficient (Wildman–Crippen LogP) is 2.85.